The number of carbonyl (C=O) groups excluding carboxylic acids is 1. The highest BCUT2D eigenvalue weighted by atomic mass is 16.5. The van der Waals surface area contributed by atoms with Crippen molar-refractivity contribution < 1.29 is 9.53 Å². The van der Waals surface area contributed by atoms with E-state index in [0.717, 1.165) is 25.2 Å². The Hall–Kier alpha value is -2.37. The Kier molecular flexibility index (Phi) is 4.09. The third-order valence-electron chi connectivity index (χ3n) is 3.92. The van der Waals surface area contributed by atoms with Crippen LogP contribution >= 0.6 is 0 Å². The third kappa shape index (κ3) is 2.81. The van der Waals surface area contributed by atoms with Crippen molar-refractivity contribution in [1.29, 1.82) is 0 Å². The van der Waals surface area contributed by atoms with Crippen LogP contribution in [-0.4, -0.2) is 33.9 Å². The lowest BCUT2D eigenvalue weighted by Crippen LogP contribution is -2.23. The summed E-state index contributed by atoms with van der Waals surface area (Å²) in [4.78, 5) is 18.4. The minimum atomic E-state index is -0.327. The average Bonchev–Trinajstić information content (AvgIpc) is 3.16. The predicted molar refractivity (Wildman–Crippen MR) is 82.7 cm³/mol. The number of aryl methyl sites for hydroxylation is 1. The number of rotatable bonds is 4. The number of hydrogen-bond donors (Lipinski definition) is 0. The Labute approximate surface area is 129 Å². The fourth-order valence-corrected chi connectivity index (χ4v) is 2.89. The number of esters is 1. The Morgan fingerprint density at radius 2 is 2.27 bits per heavy atom. The van der Waals surface area contributed by atoms with E-state index in [9.17, 15) is 4.79 Å². The molecule has 1 saturated heterocycles. The van der Waals surface area contributed by atoms with Crippen LogP contribution in [0.2, 0.25) is 0 Å². The smallest absolute Gasteiger partial charge is 0.339 e. The summed E-state index contributed by atoms with van der Waals surface area (Å²) in [5.74, 6) is 0.561. The number of aromatic nitrogens is 3. The molecular formula is C16H20N4O2. The van der Waals surface area contributed by atoms with Crippen molar-refractivity contribution in [1.82, 2.24) is 14.8 Å². The van der Waals surface area contributed by atoms with Crippen molar-refractivity contribution in [3.8, 4) is 0 Å². The number of nitrogens with zero attached hydrogens (tertiary/aromatic N) is 4. The number of ether oxygens (including phenoxy) is 1. The molecule has 0 radical (unpaired) electrons. The molecule has 6 heteroatoms. The summed E-state index contributed by atoms with van der Waals surface area (Å²) >= 11 is 0. The van der Waals surface area contributed by atoms with E-state index < -0.39 is 0 Å². The van der Waals surface area contributed by atoms with Gasteiger partial charge in [-0.3, -0.25) is 4.68 Å². The van der Waals surface area contributed by atoms with Crippen LogP contribution < -0.4 is 4.90 Å². The second-order valence-corrected chi connectivity index (χ2v) is 5.42. The Morgan fingerprint density at radius 1 is 1.41 bits per heavy atom. The maximum atomic E-state index is 11.7. The predicted octanol–water partition coefficient (Wildman–Crippen LogP) is 2.33. The van der Waals surface area contributed by atoms with E-state index in [1.54, 1.807) is 19.2 Å². The molecular weight excluding hydrogens is 280 g/mol. The molecule has 22 heavy (non-hydrogen) atoms. The number of carbonyl (C=O) groups is 1. The van der Waals surface area contributed by atoms with Crippen LogP contribution in [0.3, 0.4) is 0 Å². The van der Waals surface area contributed by atoms with Gasteiger partial charge in [0.1, 0.15) is 5.82 Å². The van der Waals surface area contributed by atoms with Gasteiger partial charge in [0, 0.05) is 31.5 Å². The molecule has 0 spiro atoms. The molecule has 3 rings (SSSR count). The summed E-state index contributed by atoms with van der Waals surface area (Å²) in [6.07, 6.45) is 7.77. The van der Waals surface area contributed by atoms with Gasteiger partial charge in [-0.15, -0.1) is 0 Å². The molecule has 0 N–H and O–H groups in total. The molecule has 0 aliphatic carbocycles. The molecule has 116 valence electrons. The summed E-state index contributed by atoms with van der Waals surface area (Å²) in [6, 6.07) is 3.97. The van der Waals surface area contributed by atoms with Gasteiger partial charge in [-0.1, -0.05) is 0 Å². The van der Waals surface area contributed by atoms with Crippen LogP contribution in [0.4, 0.5) is 5.82 Å². The van der Waals surface area contributed by atoms with Crippen LogP contribution in [0.25, 0.3) is 0 Å². The Balaban J connectivity index is 1.79. The second-order valence-electron chi connectivity index (χ2n) is 5.42. The second kappa shape index (κ2) is 6.17. The van der Waals surface area contributed by atoms with Crippen LogP contribution in [0.15, 0.2) is 30.7 Å². The van der Waals surface area contributed by atoms with Gasteiger partial charge in [-0.25, -0.2) is 9.78 Å². The average molecular weight is 300 g/mol. The standard InChI is InChI=1S/C16H20N4O2/c1-3-22-16(21)12-6-7-15(17-9-12)20-8-4-5-14(20)13-10-18-19(2)11-13/h6-7,9-11,14H,3-5,8H2,1-2H3. The first-order chi connectivity index (χ1) is 10.7. The van der Waals surface area contributed by atoms with Gasteiger partial charge in [-0.05, 0) is 31.9 Å². The number of pyridine rings is 1. The van der Waals surface area contributed by atoms with E-state index >= 15 is 0 Å². The van der Waals surface area contributed by atoms with E-state index in [0.29, 0.717) is 18.2 Å². The normalized spacial score (nSPS) is 17.7. The van der Waals surface area contributed by atoms with Gasteiger partial charge in [0.15, 0.2) is 0 Å². The van der Waals surface area contributed by atoms with Crippen molar-refractivity contribution in [2.45, 2.75) is 25.8 Å². The number of hydrogen-bond acceptors (Lipinski definition) is 5. The van der Waals surface area contributed by atoms with Gasteiger partial charge in [-0.2, -0.15) is 5.10 Å². The highest BCUT2D eigenvalue weighted by molar-refractivity contribution is 5.89. The molecule has 1 aliphatic rings. The van der Waals surface area contributed by atoms with Crippen molar-refractivity contribution in [2.24, 2.45) is 7.05 Å². The lowest BCUT2D eigenvalue weighted by atomic mass is 10.1. The summed E-state index contributed by atoms with van der Waals surface area (Å²) in [5.41, 5.74) is 1.69. The van der Waals surface area contributed by atoms with Crippen LogP contribution in [0.5, 0.6) is 0 Å². The monoisotopic (exact) mass is 300 g/mol. The highest BCUT2D eigenvalue weighted by Gasteiger charge is 2.28. The summed E-state index contributed by atoms with van der Waals surface area (Å²) < 4.78 is 6.81. The topological polar surface area (TPSA) is 60.2 Å². The molecule has 2 aromatic rings. The van der Waals surface area contributed by atoms with Crippen molar-refractivity contribution in [3.63, 3.8) is 0 Å². The van der Waals surface area contributed by atoms with Gasteiger partial charge in [0.2, 0.25) is 0 Å². The summed E-state index contributed by atoms with van der Waals surface area (Å²) in [6.45, 7) is 3.13. The van der Waals surface area contributed by atoms with E-state index in [-0.39, 0.29) is 5.97 Å². The van der Waals surface area contributed by atoms with Crippen molar-refractivity contribution in [3.05, 3.63) is 41.9 Å². The molecule has 0 aromatic carbocycles. The van der Waals surface area contributed by atoms with E-state index in [4.69, 9.17) is 4.74 Å². The maximum Gasteiger partial charge on any atom is 0.339 e. The first-order valence-electron chi connectivity index (χ1n) is 7.57. The molecule has 1 unspecified atom stereocenters. The zero-order valence-corrected chi connectivity index (χ0v) is 12.9. The molecule has 0 saturated carbocycles. The largest absolute Gasteiger partial charge is 0.462 e. The van der Waals surface area contributed by atoms with Crippen LogP contribution in [0.1, 0.15) is 41.7 Å². The minimum Gasteiger partial charge on any atom is -0.462 e. The maximum absolute atomic E-state index is 11.7. The molecule has 1 fully saturated rings. The number of anilines is 1. The Morgan fingerprint density at radius 3 is 2.91 bits per heavy atom. The molecule has 6 nitrogen and oxygen atoms in total. The van der Waals surface area contributed by atoms with Gasteiger partial charge < -0.3 is 9.64 Å². The third-order valence-corrected chi connectivity index (χ3v) is 3.92. The van der Waals surface area contributed by atoms with Crippen molar-refractivity contribution >= 4 is 11.8 Å². The lowest BCUT2D eigenvalue weighted by Gasteiger charge is -2.25. The fraction of sp³-hybridized carbons (Fsp3) is 0.438. The zero-order chi connectivity index (χ0) is 15.5. The van der Waals surface area contributed by atoms with Gasteiger partial charge >= 0.3 is 5.97 Å². The first kappa shape index (κ1) is 14.6. The van der Waals surface area contributed by atoms with Crippen LogP contribution in [0, 0.1) is 0 Å². The van der Waals surface area contributed by atoms with Crippen molar-refractivity contribution in [2.75, 3.05) is 18.1 Å². The highest BCUT2D eigenvalue weighted by Crippen LogP contribution is 2.34. The van der Waals surface area contributed by atoms with E-state index in [1.807, 2.05) is 24.0 Å². The van der Waals surface area contributed by atoms with Gasteiger partial charge in [0.25, 0.3) is 0 Å². The van der Waals surface area contributed by atoms with E-state index in [1.165, 1.54) is 5.56 Å². The molecule has 0 bridgehead atoms. The minimum absolute atomic E-state index is 0.301. The summed E-state index contributed by atoms with van der Waals surface area (Å²) in [5, 5.41) is 4.26. The van der Waals surface area contributed by atoms with E-state index in [2.05, 4.69) is 21.2 Å². The Bertz CT molecular complexity index is 650. The summed E-state index contributed by atoms with van der Waals surface area (Å²) in [7, 11) is 1.93. The van der Waals surface area contributed by atoms with Gasteiger partial charge in [0.05, 0.1) is 24.4 Å². The molecule has 1 atom stereocenters. The zero-order valence-electron chi connectivity index (χ0n) is 12.9. The molecule has 1 aliphatic heterocycles. The van der Waals surface area contributed by atoms with Crippen LogP contribution in [-0.2, 0) is 11.8 Å². The molecule has 0 amide bonds. The molecule has 2 aromatic heterocycles. The quantitative estimate of drug-likeness (QED) is 0.811. The molecule has 3 heterocycles. The fourth-order valence-electron chi connectivity index (χ4n) is 2.89. The lowest BCUT2D eigenvalue weighted by molar-refractivity contribution is 0.0526. The first-order valence-corrected chi connectivity index (χ1v) is 7.57. The SMILES string of the molecule is CCOC(=O)c1ccc(N2CCCC2c2cnn(C)c2)nc1.